The summed E-state index contributed by atoms with van der Waals surface area (Å²) in [6.07, 6.45) is 14.6. The van der Waals surface area contributed by atoms with Crippen molar-refractivity contribution in [2.45, 2.75) is 104 Å². The highest BCUT2D eigenvalue weighted by atomic mass is 16.3. The molecule has 1 heteroatoms. The second-order valence-electron chi connectivity index (χ2n) is 9.04. The van der Waals surface area contributed by atoms with Gasteiger partial charge in [-0.15, -0.1) is 0 Å². The third-order valence-corrected chi connectivity index (χ3v) is 7.02. The molecule has 1 nitrogen and oxygen atoms in total. The van der Waals surface area contributed by atoms with Gasteiger partial charge < -0.3 is 5.11 Å². The first-order valence-electron chi connectivity index (χ1n) is 10.8. The van der Waals surface area contributed by atoms with Gasteiger partial charge in [0.2, 0.25) is 0 Å². The van der Waals surface area contributed by atoms with Gasteiger partial charge in [0.1, 0.15) is 0 Å². The minimum Gasteiger partial charge on any atom is -0.393 e. The van der Waals surface area contributed by atoms with Gasteiger partial charge in [-0.2, -0.15) is 0 Å². The van der Waals surface area contributed by atoms with Crippen LogP contribution in [0, 0.1) is 35.5 Å². The summed E-state index contributed by atoms with van der Waals surface area (Å²) >= 11 is 0. The summed E-state index contributed by atoms with van der Waals surface area (Å²) in [5.41, 5.74) is 0. The normalized spacial score (nSPS) is 41.9. The third-order valence-electron chi connectivity index (χ3n) is 7.02. The van der Waals surface area contributed by atoms with E-state index >= 15 is 0 Å². The van der Waals surface area contributed by atoms with E-state index < -0.39 is 0 Å². The van der Waals surface area contributed by atoms with E-state index in [9.17, 15) is 5.11 Å². The van der Waals surface area contributed by atoms with Crippen LogP contribution in [0.5, 0.6) is 0 Å². The highest BCUT2D eigenvalue weighted by molar-refractivity contribution is 4.97. The monoisotopic (exact) mass is 322 g/mol. The second kappa shape index (κ2) is 9.44. The van der Waals surface area contributed by atoms with Gasteiger partial charge in [-0.1, -0.05) is 66.2 Å². The molecule has 2 aliphatic carbocycles. The molecule has 0 spiro atoms. The lowest BCUT2D eigenvalue weighted by molar-refractivity contribution is 0.0687. The number of fused-ring (bicyclic) bond motifs is 1. The Kier molecular flexibility index (Phi) is 7.92. The lowest BCUT2D eigenvalue weighted by atomic mass is 9.76. The predicted octanol–water partition coefficient (Wildman–Crippen LogP) is 6.44. The van der Waals surface area contributed by atoms with Crippen molar-refractivity contribution in [3.63, 3.8) is 0 Å². The molecule has 23 heavy (non-hydrogen) atoms. The van der Waals surface area contributed by atoms with E-state index in [1.165, 1.54) is 70.6 Å². The van der Waals surface area contributed by atoms with Crippen molar-refractivity contribution in [3.8, 4) is 0 Å². The van der Waals surface area contributed by atoms with Crippen LogP contribution in [-0.4, -0.2) is 11.2 Å². The first kappa shape index (κ1) is 19.3. The Balaban J connectivity index is 2.15. The van der Waals surface area contributed by atoms with Gasteiger partial charge in [-0.05, 0) is 67.6 Å². The molecule has 2 fully saturated rings. The molecule has 2 aliphatic rings. The summed E-state index contributed by atoms with van der Waals surface area (Å²) in [6.45, 7) is 9.52. The predicted molar refractivity (Wildman–Crippen MR) is 100 cm³/mol. The fourth-order valence-electron chi connectivity index (χ4n) is 5.95. The van der Waals surface area contributed by atoms with Gasteiger partial charge >= 0.3 is 0 Å². The van der Waals surface area contributed by atoms with Crippen LogP contribution in [0.2, 0.25) is 0 Å². The number of unbranched alkanes of at least 4 members (excludes halogenated alkanes) is 2. The molecule has 0 saturated heterocycles. The maximum atomic E-state index is 11.1. The van der Waals surface area contributed by atoms with Crippen LogP contribution < -0.4 is 0 Å². The van der Waals surface area contributed by atoms with E-state index in [1.54, 1.807) is 0 Å². The van der Waals surface area contributed by atoms with Gasteiger partial charge in [0.05, 0.1) is 6.10 Å². The maximum Gasteiger partial charge on any atom is 0.0602 e. The summed E-state index contributed by atoms with van der Waals surface area (Å²) < 4.78 is 0. The van der Waals surface area contributed by atoms with Crippen LogP contribution in [0.1, 0.15) is 98.3 Å². The summed E-state index contributed by atoms with van der Waals surface area (Å²) in [5.74, 6) is 4.53. The molecule has 0 aromatic heterocycles. The SMILES string of the molecule is CCCCC1C(O)C2CCC[C@H](C)C[C@H](C)C[C@@H]2C1CCCC. The molecule has 0 aromatic rings. The number of aliphatic hydroxyl groups excluding tert-OH is 1. The number of rotatable bonds is 6. The Hall–Kier alpha value is -0.0400. The van der Waals surface area contributed by atoms with Gasteiger partial charge in [-0.3, -0.25) is 0 Å². The molecule has 0 bridgehead atoms. The van der Waals surface area contributed by atoms with E-state index in [1.807, 2.05) is 0 Å². The topological polar surface area (TPSA) is 20.2 Å². The van der Waals surface area contributed by atoms with E-state index in [0.29, 0.717) is 11.8 Å². The lowest BCUT2D eigenvalue weighted by Gasteiger charge is -2.29. The zero-order valence-corrected chi connectivity index (χ0v) is 16.3. The molecule has 0 heterocycles. The van der Waals surface area contributed by atoms with Crippen LogP contribution >= 0.6 is 0 Å². The molecule has 0 aromatic carbocycles. The van der Waals surface area contributed by atoms with Crippen molar-refractivity contribution in [1.82, 2.24) is 0 Å². The van der Waals surface area contributed by atoms with E-state index in [0.717, 1.165) is 23.7 Å². The second-order valence-corrected chi connectivity index (χ2v) is 9.04. The van der Waals surface area contributed by atoms with Crippen LogP contribution in [0.4, 0.5) is 0 Å². The molecular weight excluding hydrogens is 280 g/mol. The molecular formula is C22H42O. The number of hydrogen-bond acceptors (Lipinski definition) is 1. The minimum absolute atomic E-state index is 0.00554. The van der Waals surface area contributed by atoms with E-state index in [2.05, 4.69) is 27.7 Å². The Morgan fingerprint density at radius 3 is 2.09 bits per heavy atom. The number of hydrogen-bond donors (Lipinski definition) is 1. The van der Waals surface area contributed by atoms with Crippen LogP contribution in [-0.2, 0) is 0 Å². The van der Waals surface area contributed by atoms with Crippen molar-refractivity contribution < 1.29 is 5.11 Å². The highest BCUT2D eigenvalue weighted by Crippen LogP contribution is 2.51. The summed E-state index contributed by atoms with van der Waals surface area (Å²) in [6, 6.07) is 0. The zero-order valence-electron chi connectivity index (χ0n) is 16.3. The lowest BCUT2D eigenvalue weighted by Crippen LogP contribution is -2.23. The van der Waals surface area contributed by atoms with Gasteiger partial charge in [0, 0.05) is 0 Å². The molecule has 2 rings (SSSR count). The van der Waals surface area contributed by atoms with Gasteiger partial charge in [0.15, 0.2) is 0 Å². The Bertz CT molecular complexity index is 326. The van der Waals surface area contributed by atoms with Crippen molar-refractivity contribution in [1.29, 1.82) is 0 Å². The maximum absolute atomic E-state index is 11.1. The Morgan fingerprint density at radius 2 is 1.43 bits per heavy atom. The molecule has 0 aliphatic heterocycles. The van der Waals surface area contributed by atoms with Gasteiger partial charge in [-0.25, -0.2) is 0 Å². The first-order chi connectivity index (χ1) is 11.1. The van der Waals surface area contributed by atoms with Crippen LogP contribution in [0.15, 0.2) is 0 Å². The fraction of sp³-hybridized carbons (Fsp3) is 1.00. The standard InChI is InChI=1S/C22H42O/c1-5-7-11-18-19(12-8-6-2)22(23)20-13-9-10-16(3)14-17(4)15-21(18)20/h16-23H,5-15H2,1-4H3/t16-,17-,18?,19?,20?,21+,22?/m0/s1. The molecule has 1 N–H and O–H groups in total. The minimum atomic E-state index is -0.00554. The van der Waals surface area contributed by atoms with Gasteiger partial charge in [0.25, 0.3) is 0 Å². The summed E-state index contributed by atoms with van der Waals surface area (Å²) in [4.78, 5) is 0. The largest absolute Gasteiger partial charge is 0.393 e. The van der Waals surface area contributed by atoms with Crippen molar-refractivity contribution in [2.75, 3.05) is 0 Å². The quantitative estimate of drug-likeness (QED) is 0.596. The molecule has 0 radical (unpaired) electrons. The fourth-order valence-corrected chi connectivity index (χ4v) is 5.95. The smallest absolute Gasteiger partial charge is 0.0602 e. The summed E-state index contributed by atoms with van der Waals surface area (Å²) in [7, 11) is 0. The van der Waals surface area contributed by atoms with Crippen LogP contribution in [0.25, 0.3) is 0 Å². The van der Waals surface area contributed by atoms with E-state index in [4.69, 9.17) is 0 Å². The number of aliphatic hydroxyl groups is 1. The third kappa shape index (κ3) is 4.97. The Labute approximate surface area is 145 Å². The molecule has 2 saturated carbocycles. The molecule has 136 valence electrons. The van der Waals surface area contributed by atoms with Crippen molar-refractivity contribution in [3.05, 3.63) is 0 Å². The molecule has 7 atom stereocenters. The van der Waals surface area contributed by atoms with Crippen LogP contribution in [0.3, 0.4) is 0 Å². The molecule has 4 unspecified atom stereocenters. The zero-order chi connectivity index (χ0) is 16.8. The summed E-state index contributed by atoms with van der Waals surface area (Å²) in [5, 5.41) is 11.1. The van der Waals surface area contributed by atoms with Crippen molar-refractivity contribution in [2.24, 2.45) is 35.5 Å². The van der Waals surface area contributed by atoms with Crippen molar-refractivity contribution >= 4 is 0 Å². The average Bonchev–Trinajstić information content (AvgIpc) is 2.78. The Morgan fingerprint density at radius 1 is 0.783 bits per heavy atom. The average molecular weight is 323 g/mol. The van der Waals surface area contributed by atoms with E-state index in [-0.39, 0.29) is 6.10 Å². The first-order valence-corrected chi connectivity index (χ1v) is 10.8. The highest BCUT2D eigenvalue weighted by Gasteiger charge is 2.48. The molecule has 0 amide bonds.